The summed E-state index contributed by atoms with van der Waals surface area (Å²) in [5.41, 5.74) is 1.03. The van der Waals surface area contributed by atoms with Crippen molar-refractivity contribution in [1.82, 2.24) is 14.7 Å². The maximum atomic E-state index is 11.9. The van der Waals surface area contributed by atoms with E-state index in [9.17, 15) is 4.79 Å². The molecule has 0 amide bonds. The molecule has 0 aromatic carbocycles. The summed E-state index contributed by atoms with van der Waals surface area (Å²) in [6.45, 7) is 8.29. The third kappa shape index (κ3) is 3.39. The molecule has 2 rings (SSSR count). The number of likely N-dealkylation sites (tertiary alicyclic amines) is 1. The summed E-state index contributed by atoms with van der Waals surface area (Å²) in [5.74, 6) is -0.0913. The van der Waals surface area contributed by atoms with E-state index < -0.39 is 0 Å². The third-order valence-corrected chi connectivity index (χ3v) is 3.99. The second-order valence-corrected chi connectivity index (χ2v) is 5.42. The lowest BCUT2D eigenvalue weighted by molar-refractivity contribution is -0.148. The number of hydrogen-bond acceptors (Lipinski definition) is 4. The van der Waals surface area contributed by atoms with E-state index >= 15 is 0 Å². The molecule has 5 heteroatoms. The smallest absolute Gasteiger partial charge is 0.323 e. The van der Waals surface area contributed by atoms with Crippen molar-refractivity contribution in [2.24, 2.45) is 0 Å². The van der Waals surface area contributed by atoms with Crippen molar-refractivity contribution in [3.63, 3.8) is 0 Å². The molecule has 0 saturated carbocycles. The van der Waals surface area contributed by atoms with E-state index in [4.69, 9.17) is 4.74 Å². The van der Waals surface area contributed by atoms with Gasteiger partial charge in [-0.3, -0.25) is 14.4 Å². The molecule has 2 atom stereocenters. The van der Waals surface area contributed by atoms with Crippen LogP contribution in [0.2, 0.25) is 0 Å². The van der Waals surface area contributed by atoms with Crippen LogP contribution >= 0.6 is 0 Å². The highest BCUT2D eigenvalue weighted by molar-refractivity contribution is 5.76. The maximum Gasteiger partial charge on any atom is 0.323 e. The predicted molar refractivity (Wildman–Crippen MR) is 77.3 cm³/mol. The lowest BCUT2D eigenvalue weighted by Gasteiger charge is -2.21. The Morgan fingerprint density at radius 3 is 3.05 bits per heavy atom. The van der Waals surface area contributed by atoms with Gasteiger partial charge in [0.15, 0.2) is 0 Å². The zero-order valence-corrected chi connectivity index (χ0v) is 12.7. The van der Waals surface area contributed by atoms with Gasteiger partial charge in [0.25, 0.3) is 0 Å². The van der Waals surface area contributed by atoms with Gasteiger partial charge >= 0.3 is 5.97 Å². The van der Waals surface area contributed by atoms with Gasteiger partial charge in [-0.15, -0.1) is 0 Å². The predicted octanol–water partition coefficient (Wildman–Crippen LogP) is 2.38. The number of carbonyl (C=O) groups is 1. The van der Waals surface area contributed by atoms with E-state index in [2.05, 4.69) is 23.8 Å². The van der Waals surface area contributed by atoms with Crippen molar-refractivity contribution < 1.29 is 9.53 Å². The van der Waals surface area contributed by atoms with Crippen molar-refractivity contribution in [2.75, 3.05) is 13.2 Å². The van der Waals surface area contributed by atoms with Gasteiger partial charge in [-0.05, 0) is 45.7 Å². The van der Waals surface area contributed by atoms with E-state index in [1.165, 1.54) is 0 Å². The summed E-state index contributed by atoms with van der Waals surface area (Å²) in [6, 6.07) is 2.37. The molecule has 0 aliphatic carbocycles. The first-order chi connectivity index (χ1) is 9.65. The van der Waals surface area contributed by atoms with Crippen LogP contribution in [-0.2, 0) is 16.1 Å². The molecule has 2 unspecified atom stereocenters. The molecule has 1 aromatic heterocycles. The second kappa shape index (κ2) is 6.88. The molecule has 2 heterocycles. The molecule has 0 N–H and O–H groups in total. The summed E-state index contributed by atoms with van der Waals surface area (Å²) in [6.07, 6.45) is 5.04. The Labute approximate surface area is 120 Å². The monoisotopic (exact) mass is 279 g/mol. The average molecular weight is 279 g/mol. The molecule has 1 fully saturated rings. The molecule has 112 valence electrons. The second-order valence-electron chi connectivity index (χ2n) is 5.42. The fraction of sp³-hybridized carbons (Fsp3) is 0.733. The fourth-order valence-electron chi connectivity index (χ4n) is 2.62. The highest BCUT2D eigenvalue weighted by Crippen LogP contribution is 2.21. The molecule has 1 aliphatic rings. The van der Waals surface area contributed by atoms with Crippen LogP contribution in [0.1, 0.15) is 51.8 Å². The van der Waals surface area contributed by atoms with Crippen LogP contribution < -0.4 is 0 Å². The molecule has 0 bridgehead atoms. The van der Waals surface area contributed by atoms with Crippen LogP contribution in [0.15, 0.2) is 12.3 Å². The summed E-state index contributed by atoms with van der Waals surface area (Å²) in [7, 11) is 0. The van der Waals surface area contributed by atoms with Gasteiger partial charge in [0.1, 0.15) is 6.04 Å². The highest BCUT2D eigenvalue weighted by atomic mass is 16.5. The molecule has 0 radical (unpaired) electrons. The minimum atomic E-state index is -0.0938. The van der Waals surface area contributed by atoms with Crippen molar-refractivity contribution in [3.05, 3.63) is 18.0 Å². The molecular weight excluding hydrogens is 254 g/mol. The normalized spacial score (nSPS) is 21.1. The van der Waals surface area contributed by atoms with Crippen LogP contribution in [0.3, 0.4) is 0 Å². The van der Waals surface area contributed by atoms with E-state index in [0.717, 1.165) is 38.0 Å². The van der Waals surface area contributed by atoms with Crippen molar-refractivity contribution in [1.29, 1.82) is 0 Å². The largest absolute Gasteiger partial charge is 0.465 e. The summed E-state index contributed by atoms with van der Waals surface area (Å²) in [4.78, 5) is 14.1. The van der Waals surface area contributed by atoms with Gasteiger partial charge in [0.2, 0.25) is 0 Å². The van der Waals surface area contributed by atoms with Crippen LogP contribution in [0.5, 0.6) is 0 Å². The number of rotatable bonds is 6. The first-order valence-electron chi connectivity index (χ1n) is 7.60. The molecule has 1 aliphatic heterocycles. The van der Waals surface area contributed by atoms with Crippen LogP contribution in [0, 0.1) is 0 Å². The standard InChI is InChI=1S/C15H25N3O2/c1-4-12(3)18-10-8-13(16-18)11-17-9-6-7-14(17)15(19)20-5-2/h8,10,12,14H,4-7,9,11H2,1-3H3. The number of ether oxygens (including phenoxy) is 1. The number of carbonyl (C=O) groups excluding carboxylic acids is 1. The van der Waals surface area contributed by atoms with E-state index in [-0.39, 0.29) is 12.0 Å². The van der Waals surface area contributed by atoms with Crippen molar-refractivity contribution >= 4 is 5.97 Å². The average Bonchev–Trinajstić information content (AvgIpc) is 3.08. The van der Waals surface area contributed by atoms with Gasteiger partial charge in [-0.2, -0.15) is 5.10 Å². The van der Waals surface area contributed by atoms with Crippen molar-refractivity contribution in [3.8, 4) is 0 Å². The quantitative estimate of drug-likeness (QED) is 0.750. The zero-order valence-electron chi connectivity index (χ0n) is 12.7. The molecule has 1 saturated heterocycles. The van der Waals surface area contributed by atoms with Gasteiger partial charge in [-0.25, -0.2) is 0 Å². The minimum Gasteiger partial charge on any atom is -0.465 e. The lowest BCUT2D eigenvalue weighted by Crippen LogP contribution is -2.37. The van der Waals surface area contributed by atoms with Gasteiger partial charge in [0.05, 0.1) is 12.3 Å². The van der Waals surface area contributed by atoms with E-state index in [1.54, 1.807) is 0 Å². The molecule has 5 nitrogen and oxygen atoms in total. The van der Waals surface area contributed by atoms with Gasteiger partial charge < -0.3 is 4.74 Å². The Bertz CT molecular complexity index is 444. The van der Waals surface area contributed by atoms with Crippen LogP contribution in [-0.4, -0.2) is 39.8 Å². The number of aromatic nitrogens is 2. The highest BCUT2D eigenvalue weighted by Gasteiger charge is 2.32. The molecule has 1 aromatic rings. The Morgan fingerprint density at radius 2 is 2.35 bits per heavy atom. The summed E-state index contributed by atoms with van der Waals surface area (Å²) in [5, 5.41) is 4.61. The first kappa shape index (κ1) is 15.0. The molecule has 20 heavy (non-hydrogen) atoms. The zero-order chi connectivity index (χ0) is 14.5. The van der Waals surface area contributed by atoms with Gasteiger partial charge in [-0.1, -0.05) is 6.92 Å². The number of esters is 1. The van der Waals surface area contributed by atoms with E-state index in [0.29, 0.717) is 12.6 Å². The maximum absolute atomic E-state index is 11.9. The Hall–Kier alpha value is -1.36. The Morgan fingerprint density at radius 1 is 1.55 bits per heavy atom. The molecular formula is C15H25N3O2. The minimum absolute atomic E-state index is 0.0913. The SMILES string of the molecule is CCOC(=O)C1CCCN1Cc1ccn(C(C)CC)n1. The van der Waals surface area contributed by atoms with Crippen LogP contribution in [0.4, 0.5) is 0 Å². The summed E-state index contributed by atoms with van der Waals surface area (Å²) >= 11 is 0. The van der Waals surface area contributed by atoms with Crippen LogP contribution in [0.25, 0.3) is 0 Å². The molecule has 0 spiro atoms. The topological polar surface area (TPSA) is 47.4 Å². The number of nitrogens with zero attached hydrogens (tertiary/aromatic N) is 3. The number of hydrogen-bond donors (Lipinski definition) is 0. The summed E-state index contributed by atoms with van der Waals surface area (Å²) < 4.78 is 7.15. The Balaban J connectivity index is 1.98. The first-order valence-corrected chi connectivity index (χ1v) is 7.60. The Kier molecular flexibility index (Phi) is 5.17. The van der Waals surface area contributed by atoms with Crippen molar-refractivity contribution in [2.45, 2.75) is 58.7 Å². The van der Waals surface area contributed by atoms with E-state index in [1.807, 2.05) is 23.9 Å². The van der Waals surface area contributed by atoms with Gasteiger partial charge in [0, 0.05) is 18.8 Å². The third-order valence-electron chi connectivity index (χ3n) is 3.99. The lowest BCUT2D eigenvalue weighted by atomic mass is 10.2. The fourth-order valence-corrected chi connectivity index (χ4v) is 2.62.